The van der Waals surface area contributed by atoms with Gasteiger partial charge in [0.1, 0.15) is 0 Å². The number of hydrogen-bond donors (Lipinski definition) is 3. The van der Waals surface area contributed by atoms with E-state index in [4.69, 9.17) is 5.84 Å². The quantitative estimate of drug-likeness (QED) is 0.372. The third-order valence-electron chi connectivity index (χ3n) is 3.18. The maximum atomic E-state index is 12.2. The number of nitrogens with one attached hydrogen (secondary N) is 2. The van der Waals surface area contributed by atoms with E-state index in [1.54, 1.807) is 24.3 Å². The molecular formula is C14H25N3O2S. The average molecular weight is 299 g/mol. The first kappa shape index (κ1) is 16.9. The van der Waals surface area contributed by atoms with Crippen LogP contribution in [0.4, 0.5) is 5.69 Å². The summed E-state index contributed by atoms with van der Waals surface area (Å²) in [6, 6.07) is 6.31. The molecule has 0 heterocycles. The van der Waals surface area contributed by atoms with Crippen molar-refractivity contribution in [3.8, 4) is 0 Å². The second-order valence-corrected chi connectivity index (χ2v) is 6.75. The van der Waals surface area contributed by atoms with Crippen LogP contribution in [0.25, 0.3) is 0 Å². The molecule has 0 radical (unpaired) electrons. The first-order valence-electron chi connectivity index (χ1n) is 7.08. The normalized spacial score (nSPS) is 13.2. The van der Waals surface area contributed by atoms with Crippen LogP contribution >= 0.6 is 0 Å². The highest BCUT2D eigenvalue weighted by atomic mass is 32.2. The lowest BCUT2D eigenvalue weighted by atomic mass is 10.1. The number of sulfonamides is 1. The maximum absolute atomic E-state index is 12.2. The topological polar surface area (TPSA) is 84.2 Å². The van der Waals surface area contributed by atoms with E-state index >= 15 is 0 Å². The van der Waals surface area contributed by atoms with E-state index < -0.39 is 10.0 Å². The Morgan fingerprint density at radius 2 is 1.80 bits per heavy atom. The molecule has 0 saturated carbocycles. The summed E-state index contributed by atoms with van der Waals surface area (Å²) in [5.41, 5.74) is 3.15. The van der Waals surface area contributed by atoms with E-state index in [9.17, 15) is 8.42 Å². The maximum Gasteiger partial charge on any atom is 0.240 e. The number of hydrazine groups is 1. The zero-order valence-corrected chi connectivity index (χ0v) is 13.0. The van der Waals surface area contributed by atoms with Crippen molar-refractivity contribution in [3.63, 3.8) is 0 Å². The minimum Gasteiger partial charge on any atom is -0.324 e. The highest BCUT2D eigenvalue weighted by Gasteiger charge is 2.16. The van der Waals surface area contributed by atoms with Crippen LogP contribution < -0.4 is 16.0 Å². The highest BCUT2D eigenvalue weighted by molar-refractivity contribution is 7.89. The summed E-state index contributed by atoms with van der Waals surface area (Å²) in [6.07, 6.45) is 5.45. The summed E-state index contributed by atoms with van der Waals surface area (Å²) < 4.78 is 27.0. The number of hydrogen-bond acceptors (Lipinski definition) is 4. The van der Waals surface area contributed by atoms with Gasteiger partial charge in [0.25, 0.3) is 0 Å². The molecule has 114 valence electrons. The summed E-state index contributed by atoms with van der Waals surface area (Å²) in [6.45, 7) is 4.06. The molecule has 5 nitrogen and oxygen atoms in total. The molecule has 4 N–H and O–H groups in total. The number of unbranched alkanes of at least 4 members (excludes halogenated alkanes) is 3. The molecule has 1 unspecified atom stereocenters. The molecule has 0 aromatic heterocycles. The Morgan fingerprint density at radius 3 is 2.35 bits per heavy atom. The molecule has 1 atom stereocenters. The molecule has 0 saturated heterocycles. The van der Waals surface area contributed by atoms with Crippen molar-refractivity contribution in [1.82, 2.24) is 4.72 Å². The molecule has 0 fully saturated rings. The van der Waals surface area contributed by atoms with Crippen molar-refractivity contribution < 1.29 is 8.42 Å². The van der Waals surface area contributed by atoms with Gasteiger partial charge >= 0.3 is 0 Å². The Balaban J connectivity index is 2.55. The Hall–Kier alpha value is -1.11. The number of nitrogen functional groups attached to an aromatic ring is 1. The van der Waals surface area contributed by atoms with Crippen molar-refractivity contribution >= 4 is 15.7 Å². The van der Waals surface area contributed by atoms with Gasteiger partial charge in [-0.05, 0) is 37.6 Å². The van der Waals surface area contributed by atoms with Gasteiger partial charge < -0.3 is 5.43 Å². The summed E-state index contributed by atoms with van der Waals surface area (Å²) in [4.78, 5) is 0.261. The molecule has 20 heavy (non-hydrogen) atoms. The van der Waals surface area contributed by atoms with Gasteiger partial charge in [0, 0.05) is 11.7 Å². The van der Waals surface area contributed by atoms with E-state index in [-0.39, 0.29) is 10.9 Å². The van der Waals surface area contributed by atoms with E-state index in [1.165, 1.54) is 12.8 Å². The van der Waals surface area contributed by atoms with Gasteiger partial charge in [-0.2, -0.15) is 0 Å². The Bertz CT molecular complexity index is 486. The Labute approximate surface area is 122 Å². The monoisotopic (exact) mass is 299 g/mol. The van der Waals surface area contributed by atoms with Crippen molar-refractivity contribution in [3.05, 3.63) is 24.3 Å². The fourth-order valence-electron chi connectivity index (χ4n) is 2.00. The van der Waals surface area contributed by atoms with Crippen LogP contribution in [0.15, 0.2) is 29.2 Å². The molecule has 1 aromatic rings. The molecule has 0 aliphatic rings. The molecule has 1 aromatic carbocycles. The largest absolute Gasteiger partial charge is 0.324 e. The van der Waals surface area contributed by atoms with Gasteiger partial charge in [0.15, 0.2) is 0 Å². The van der Waals surface area contributed by atoms with E-state index in [0.717, 1.165) is 19.3 Å². The van der Waals surface area contributed by atoms with Gasteiger partial charge in [0.05, 0.1) is 4.90 Å². The standard InChI is InChI=1S/C14H25N3O2S/c1-3-4-5-6-7-12(2)17-20(18,19)14-10-8-13(16-15)9-11-14/h8-12,16-17H,3-7,15H2,1-2H3. The van der Waals surface area contributed by atoms with Crippen molar-refractivity contribution in [2.75, 3.05) is 5.43 Å². The van der Waals surface area contributed by atoms with Crippen LogP contribution in [-0.4, -0.2) is 14.5 Å². The zero-order valence-electron chi connectivity index (χ0n) is 12.2. The predicted octanol–water partition coefficient (Wildman–Crippen LogP) is 2.61. The smallest absolute Gasteiger partial charge is 0.240 e. The first-order chi connectivity index (χ1) is 9.49. The fraction of sp³-hybridized carbons (Fsp3) is 0.571. The van der Waals surface area contributed by atoms with E-state index in [2.05, 4.69) is 17.1 Å². The minimum atomic E-state index is -3.45. The number of nitrogens with two attached hydrogens (primary N) is 1. The molecule has 0 aliphatic carbocycles. The van der Waals surface area contributed by atoms with Gasteiger partial charge in [0.2, 0.25) is 10.0 Å². The number of benzene rings is 1. The molecule has 1 rings (SSSR count). The molecule has 0 amide bonds. The molecular weight excluding hydrogens is 274 g/mol. The highest BCUT2D eigenvalue weighted by Crippen LogP contribution is 2.14. The van der Waals surface area contributed by atoms with Crippen LogP contribution in [-0.2, 0) is 10.0 Å². The van der Waals surface area contributed by atoms with Gasteiger partial charge in [-0.25, -0.2) is 13.1 Å². The summed E-state index contributed by atoms with van der Waals surface area (Å²) in [5, 5.41) is 0. The van der Waals surface area contributed by atoms with E-state index in [0.29, 0.717) is 5.69 Å². The van der Waals surface area contributed by atoms with Crippen LogP contribution in [0.5, 0.6) is 0 Å². The Kier molecular flexibility index (Phi) is 6.98. The summed E-state index contributed by atoms with van der Waals surface area (Å²) in [7, 11) is -3.45. The number of rotatable bonds is 9. The average Bonchev–Trinajstić information content (AvgIpc) is 2.43. The summed E-state index contributed by atoms with van der Waals surface area (Å²) in [5.74, 6) is 5.25. The van der Waals surface area contributed by atoms with Crippen molar-refractivity contribution in [2.45, 2.75) is 56.9 Å². The van der Waals surface area contributed by atoms with Gasteiger partial charge in [-0.3, -0.25) is 5.84 Å². The fourth-order valence-corrected chi connectivity index (χ4v) is 3.28. The zero-order chi connectivity index (χ0) is 15.0. The third kappa shape index (κ3) is 5.48. The molecule has 0 aliphatic heterocycles. The molecule has 0 bridgehead atoms. The SMILES string of the molecule is CCCCCCC(C)NS(=O)(=O)c1ccc(NN)cc1. The predicted molar refractivity (Wildman–Crippen MR) is 82.8 cm³/mol. The molecule has 0 spiro atoms. The lowest BCUT2D eigenvalue weighted by molar-refractivity contribution is 0.522. The van der Waals surface area contributed by atoms with Gasteiger partial charge in [-0.1, -0.05) is 32.6 Å². The lowest BCUT2D eigenvalue weighted by Crippen LogP contribution is -2.32. The van der Waals surface area contributed by atoms with Crippen LogP contribution in [0.3, 0.4) is 0 Å². The van der Waals surface area contributed by atoms with E-state index in [1.807, 2.05) is 6.92 Å². The Morgan fingerprint density at radius 1 is 1.15 bits per heavy atom. The van der Waals surface area contributed by atoms with Crippen LogP contribution in [0.1, 0.15) is 46.0 Å². The lowest BCUT2D eigenvalue weighted by Gasteiger charge is -2.14. The van der Waals surface area contributed by atoms with Crippen molar-refractivity contribution in [1.29, 1.82) is 0 Å². The second-order valence-electron chi connectivity index (χ2n) is 5.04. The van der Waals surface area contributed by atoms with Crippen molar-refractivity contribution in [2.24, 2.45) is 5.84 Å². The van der Waals surface area contributed by atoms with Crippen LogP contribution in [0, 0.1) is 0 Å². The van der Waals surface area contributed by atoms with Crippen LogP contribution in [0.2, 0.25) is 0 Å². The minimum absolute atomic E-state index is 0.0517. The third-order valence-corrected chi connectivity index (χ3v) is 4.78. The second kappa shape index (κ2) is 8.24. The first-order valence-corrected chi connectivity index (χ1v) is 8.57. The number of anilines is 1. The molecule has 6 heteroatoms. The summed E-state index contributed by atoms with van der Waals surface area (Å²) >= 11 is 0. The van der Waals surface area contributed by atoms with Gasteiger partial charge in [-0.15, -0.1) is 0 Å².